The maximum atomic E-state index is 10.5. The van der Waals surface area contributed by atoms with Crippen LogP contribution in [0.25, 0.3) is 6.08 Å². The molecule has 0 atom stereocenters. The predicted molar refractivity (Wildman–Crippen MR) is 49.8 cm³/mol. The van der Waals surface area contributed by atoms with Gasteiger partial charge in [0.2, 0.25) is 0 Å². The van der Waals surface area contributed by atoms with Gasteiger partial charge in [-0.15, -0.1) is 11.3 Å². The van der Waals surface area contributed by atoms with Gasteiger partial charge in [-0.2, -0.15) is 0 Å². The molecular weight excluding hydrogens is 190 g/mol. The van der Waals surface area contributed by atoms with Crippen LogP contribution in [0, 0.1) is 0 Å². The number of hydrogen-bond donors (Lipinski definition) is 2. The third-order valence-electron chi connectivity index (χ3n) is 1.29. The highest BCUT2D eigenvalue weighted by molar-refractivity contribution is 7.14. The van der Waals surface area contributed by atoms with Gasteiger partial charge in [-0.05, 0) is 12.5 Å². The molecule has 4 nitrogen and oxygen atoms in total. The number of aromatic carboxylic acids is 1. The maximum Gasteiger partial charge on any atom is 0.347 e. The molecular formula is C8H9NO3S. The van der Waals surface area contributed by atoms with Gasteiger partial charge in [0.05, 0.1) is 6.20 Å². The molecule has 13 heavy (non-hydrogen) atoms. The van der Waals surface area contributed by atoms with Gasteiger partial charge in [0.15, 0.2) is 0 Å². The van der Waals surface area contributed by atoms with Crippen LogP contribution in [0.2, 0.25) is 0 Å². The standard InChI is InChI=1S/C8H9NO3S/c10-4-2-1-3-7-9-5-6(13-7)8(11)12/h1,3,5,10H,2,4H2,(H,11,12). The van der Waals surface area contributed by atoms with Crippen molar-refractivity contribution in [1.29, 1.82) is 0 Å². The first-order valence-corrected chi connectivity index (χ1v) is 4.52. The fourth-order valence-electron chi connectivity index (χ4n) is 0.722. The van der Waals surface area contributed by atoms with E-state index in [1.807, 2.05) is 0 Å². The van der Waals surface area contributed by atoms with Crippen LogP contribution in [0.3, 0.4) is 0 Å². The quantitative estimate of drug-likeness (QED) is 0.765. The number of carboxylic acid groups (broad SMARTS) is 1. The van der Waals surface area contributed by atoms with Crippen molar-refractivity contribution in [3.05, 3.63) is 22.2 Å². The highest BCUT2D eigenvalue weighted by atomic mass is 32.1. The molecule has 1 aromatic rings. The Morgan fingerprint density at radius 3 is 3.00 bits per heavy atom. The summed E-state index contributed by atoms with van der Waals surface area (Å²) in [6.07, 6.45) is 5.34. The Hall–Kier alpha value is -1.20. The van der Waals surface area contributed by atoms with Crippen LogP contribution in [-0.2, 0) is 0 Å². The summed E-state index contributed by atoms with van der Waals surface area (Å²) in [5.74, 6) is -0.959. The van der Waals surface area contributed by atoms with Crippen LogP contribution in [0.15, 0.2) is 12.3 Å². The smallest absolute Gasteiger partial charge is 0.347 e. The van der Waals surface area contributed by atoms with E-state index >= 15 is 0 Å². The lowest BCUT2D eigenvalue weighted by Gasteiger charge is -1.83. The van der Waals surface area contributed by atoms with E-state index < -0.39 is 5.97 Å². The van der Waals surface area contributed by atoms with E-state index in [0.29, 0.717) is 11.4 Å². The zero-order valence-electron chi connectivity index (χ0n) is 6.80. The lowest BCUT2D eigenvalue weighted by Crippen LogP contribution is -1.89. The van der Waals surface area contributed by atoms with E-state index in [1.54, 1.807) is 12.2 Å². The summed E-state index contributed by atoms with van der Waals surface area (Å²) in [4.78, 5) is 14.6. The molecule has 0 radical (unpaired) electrons. The number of thiazole rings is 1. The summed E-state index contributed by atoms with van der Waals surface area (Å²) in [5.41, 5.74) is 0. The zero-order valence-corrected chi connectivity index (χ0v) is 7.62. The summed E-state index contributed by atoms with van der Waals surface area (Å²) in [6, 6.07) is 0. The third-order valence-corrected chi connectivity index (χ3v) is 2.24. The number of hydrogen-bond acceptors (Lipinski definition) is 4. The number of carboxylic acids is 1. The minimum absolute atomic E-state index is 0.0909. The molecule has 0 aromatic carbocycles. The molecule has 0 aliphatic rings. The number of rotatable bonds is 4. The second kappa shape index (κ2) is 4.74. The molecule has 0 bridgehead atoms. The fraction of sp³-hybridized carbons (Fsp3) is 0.250. The highest BCUT2D eigenvalue weighted by Gasteiger charge is 2.05. The summed E-state index contributed by atoms with van der Waals surface area (Å²) < 4.78 is 0. The lowest BCUT2D eigenvalue weighted by molar-refractivity contribution is 0.0702. The Bertz CT molecular complexity index is 319. The number of aliphatic hydroxyl groups excluding tert-OH is 1. The summed E-state index contributed by atoms with van der Waals surface area (Å²) >= 11 is 1.11. The molecule has 0 saturated carbocycles. The van der Waals surface area contributed by atoms with Gasteiger partial charge in [-0.3, -0.25) is 0 Å². The van der Waals surface area contributed by atoms with Crippen molar-refractivity contribution in [3.8, 4) is 0 Å². The number of aliphatic hydroxyl groups is 1. The Balaban J connectivity index is 2.64. The van der Waals surface area contributed by atoms with Gasteiger partial charge in [0.25, 0.3) is 0 Å². The van der Waals surface area contributed by atoms with E-state index in [4.69, 9.17) is 10.2 Å². The second-order valence-corrected chi connectivity index (χ2v) is 3.34. The van der Waals surface area contributed by atoms with E-state index in [2.05, 4.69) is 4.98 Å². The second-order valence-electron chi connectivity index (χ2n) is 2.28. The first-order valence-electron chi connectivity index (χ1n) is 3.70. The Morgan fingerprint density at radius 1 is 1.69 bits per heavy atom. The third kappa shape index (κ3) is 2.96. The van der Waals surface area contributed by atoms with Gasteiger partial charge < -0.3 is 10.2 Å². The molecule has 0 unspecified atom stereocenters. The highest BCUT2D eigenvalue weighted by Crippen LogP contribution is 2.14. The molecule has 1 heterocycles. The Labute approximate surface area is 79.2 Å². The van der Waals surface area contributed by atoms with Crippen LogP contribution >= 0.6 is 11.3 Å². The normalized spacial score (nSPS) is 10.8. The van der Waals surface area contributed by atoms with Crippen molar-refractivity contribution < 1.29 is 15.0 Å². The topological polar surface area (TPSA) is 70.4 Å². The molecule has 0 fully saturated rings. The molecule has 2 N–H and O–H groups in total. The summed E-state index contributed by atoms with van der Waals surface area (Å²) in [5, 5.41) is 17.7. The zero-order chi connectivity index (χ0) is 9.68. The lowest BCUT2D eigenvalue weighted by atomic mass is 10.4. The average molecular weight is 199 g/mol. The van der Waals surface area contributed by atoms with E-state index in [1.165, 1.54) is 6.20 Å². The molecule has 0 saturated heterocycles. The van der Waals surface area contributed by atoms with Crippen LogP contribution < -0.4 is 0 Å². The van der Waals surface area contributed by atoms with Crippen LogP contribution in [0.5, 0.6) is 0 Å². The van der Waals surface area contributed by atoms with Gasteiger partial charge in [0.1, 0.15) is 9.88 Å². The predicted octanol–water partition coefficient (Wildman–Crippen LogP) is 1.24. The first-order chi connectivity index (χ1) is 6.24. The SMILES string of the molecule is O=C(O)c1cnc(C=CCCO)s1. The first kappa shape index (κ1) is 9.88. The molecule has 1 rings (SSSR count). The van der Waals surface area contributed by atoms with Gasteiger partial charge >= 0.3 is 5.97 Å². The van der Waals surface area contributed by atoms with E-state index in [-0.39, 0.29) is 11.5 Å². The minimum atomic E-state index is -0.959. The molecule has 5 heteroatoms. The van der Waals surface area contributed by atoms with Gasteiger partial charge in [-0.1, -0.05) is 6.08 Å². The Morgan fingerprint density at radius 2 is 2.46 bits per heavy atom. The average Bonchev–Trinajstić information content (AvgIpc) is 2.53. The van der Waals surface area contributed by atoms with Crippen molar-refractivity contribution in [2.45, 2.75) is 6.42 Å². The molecule has 70 valence electrons. The largest absolute Gasteiger partial charge is 0.477 e. The van der Waals surface area contributed by atoms with Gasteiger partial charge in [0, 0.05) is 6.61 Å². The molecule has 1 aromatic heterocycles. The number of nitrogens with zero attached hydrogens (tertiary/aromatic N) is 1. The van der Waals surface area contributed by atoms with Crippen molar-refractivity contribution in [1.82, 2.24) is 4.98 Å². The van der Waals surface area contributed by atoms with E-state index in [0.717, 1.165) is 11.3 Å². The fourth-order valence-corrected chi connectivity index (χ4v) is 1.41. The van der Waals surface area contributed by atoms with Crippen molar-refractivity contribution in [3.63, 3.8) is 0 Å². The summed E-state index contributed by atoms with van der Waals surface area (Å²) in [7, 11) is 0. The van der Waals surface area contributed by atoms with E-state index in [9.17, 15) is 4.79 Å². The molecule has 0 spiro atoms. The van der Waals surface area contributed by atoms with Gasteiger partial charge in [-0.25, -0.2) is 9.78 Å². The Kier molecular flexibility index (Phi) is 3.60. The molecule has 0 aliphatic carbocycles. The summed E-state index contributed by atoms with van der Waals surface area (Å²) in [6.45, 7) is 0.0909. The van der Waals surface area contributed by atoms with Crippen LogP contribution in [0.1, 0.15) is 21.1 Å². The van der Waals surface area contributed by atoms with Crippen LogP contribution in [-0.4, -0.2) is 27.8 Å². The van der Waals surface area contributed by atoms with Crippen LogP contribution in [0.4, 0.5) is 0 Å². The van der Waals surface area contributed by atoms with Crippen molar-refractivity contribution in [2.75, 3.05) is 6.61 Å². The number of aromatic nitrogens is 1. The van der Waals surface area contributed by atoms with Crippen molar-refractivity contribution >= 4 is 23.4 Å². The molecule has 0 aliphatic heterocycles. The number of carbonyl (C=O) groups is 1. The van der Waals surface area contributed by atoms with Crippen molar-refractivity contribution in [2.24, 2.45) is 0 Å². The monoisotopic (exact) mass is 199 g/mol. The molecule has 0 amide bonds. The minimum Gasteiger partial charge on any atom is -0.477 e. The maximum absolute atomic E-state index is 10.5.